The number of fused-ring (bicyclic) bond motifs is 2. The molecular formula is C10H13F3N2. The lowest BCUT2D eigenvalue weighted by molar-refractivity contribution is -0.274. The summed E-state index contributed by atoms with van der Waals surface area (Å²) in [7, 11) is 0. The van der Waals surface area contributed by atoms with Crippen LogP contribution in [0.3, 0.4) is 0 Å². The molecule has 0 N–H and O–H groups in total. The Kier molecular flexibility index (Phi) is 2.42. The molecule has 2 aliphatic rings. The first-order chi connectivity index (χ1) is 6.95. The van der Waals surface area contributed by atoms with Crippen molar-refractivity contribution < 1.29 is 13.2 Å². The van der Waals surface area contributed by atoms with Crippen molar-refractivity contribution in [1.29, 1.82) is 5.26 Å². The fourth-order valence-electron chi connectivity index (χ4n) is 3.00. The van der Waals surface area contributed by atoms with Gasteiger partial charge in [-0.25, -0.2) is 4.90 Å². The quantitative estimate of drug-likeness (QED) is 0.584. The van der Waals surface area contributed by atoms with Gasteiger partial charge in [-0.1, -0.05) is 6.92 Å². The number of nitriles is 1. The molecule has 0 amide bonds. The average Bonchev–Trinajstić information content (AvgIpc) is 2.49. The molecular weight excluding hydrogens is 205 g/mol. The summed E-state index contributed by atoms with van der Waals surface area (Å²) in [4.78, 5) is 0.672. The lowest BCUT2D eigenvalue weighted by Gasteiger charge is -2.41. The smallest absolute Gasteiger partial charge is 0.208 e. The number of piperidine rings is 1. The van der Waals surface area contributed by atoms with E-state index < -0.39 is 18.4 Å². The second-order valence-electron chi connectivity index (χ2n) is 4.50. The van der Waals surface area contributed by atoms with E-state index in [2.05, 4.69) is 6.07 Å². The maximum atomic E-state index is 12.7. The number of alkyl halides is 3. The first-order valence-corrected chi connectivity index (χ1v) is 5.20. The third-order valence-electron chi connectivity index (χ3n) is 3.77. The first-order valence-electron chi connectivity index (χ1n) is 5.20. The van der Waals surface area contributed by atoms with Crippen LogP contribution in [0.2, 0.25) is 0 Å². The first kappa shape index (κ1) is 10.7. The van der Waals surface area contributed by atoms with Crippen molar-refractivity contribution in [3.63, 3.8) is 0 Å². The highest BCUT2D eigenvalue weighted by Gasteiger charge is 2.55. The van der Waals surface area contributed by atoms with Gasteiger partial charge in [0.1, 0.15) is 0 Å². The lowest BCUT2D eigenvalue weighted by Crippen LogP contribution is -2.54. The molecule has 0 aromatic heterocycles. The summed E-state index contributed by atoms with van der Waals surface area (Å²) in [6.07, 6.45) is -2.72. The van der Waals surface area contributed by atoms with E-state index in [1.54, 1.807) is 6.92 Å². The van der Waals surface area contributed by atoms with E-state index in [0.717, 1.165) is 0 Å². The zero-order chi connectivity index (χ0) is 11.2. The molecule has 2 fully saturated rings. The second-order valence-corrected chi connectivity index (χ2v) is 4.50. The zero-order valence-corrected chi connectivity index (χ0v) is 8.46. The minimum Gasteiger partial charge on any atom is -0.208 e. The molecule has 0 radical (unpaired) electrons. The number of nitrogens with zero attached hydrogens (tertiary/aromatic N) is 2. The molecule has 0 aromatic rings. The molecule has 0 spiro atoms. The molecule has 84 valence electrons. The summed E-state index contributed by atoms with van der Waals surface area (Å²) in [5.74, 6) is -0.378. The van der Waals surface area contributed by atoms with Gasteiger partial charge in [0.25, 0.3) is 0 Å². The lowest BCUT2D eigenvalue weighted by atomic mass is 9.82. The van der Waals surface area contributed by atoms with Gasteiger partial charge in [0.2, 0.25) is 0 Å². The van der Waals surface area contributed by atoms with Gasteiger partial charge in [-0.05, 0) is 25.2 Å². The summed E-state index contributed by atoms with van der Waals surface area (Å²) in [5.41, 5.74) is 0. The molecule has 2 nitrogen and oxygen atoms in total. The van der Waals surface area contributed by atoms with Gasteiger partial charge in [-0.3, -0.25) is 0 Å². The molecule has 2 heterocycles. The summed E-state index contributed by atoms with van der Waals surface area (Å²) < 4.78 is 38.2. The maximum Gasteiger partial charge on any atom is 0.460 e. The average molecular weight is 218 g/mol. The largest absolute Gasteiger partial charge is 0.460 e. The Hall–Kier alpha value is -0.760. The minimum absolute atomic E-state index is 0.171. The van der Waals surface area contributed by atoms with Crippen LogP contribution in [0.4, 0.5) is 13.2 Å². The van der Waals surface area contributed by atoms with Crippen LogP contribution in [-0.2, 0) is 0 Å². The Bertz CT molecular complexity index is 294. The van der Waals surface area contributed by atoms with E-state index in [-0.39, 0.29) is 11.8 Å². The van der Waals surface area contributed by atoms with Crippen LogP contribution in [0.15, 0.2) is 0 Å². The van der Waals surface area contributed by atoms with Crippen molar-refractivity contribution in [2.45, 2.75) is 44.6 Å². The summed E-state index contributed by atoms with van der Waals surface area (Å²) in [6.45, 7) is 1.76. The number of rotatable bonds is 0. The van der Waals surface area contributed by atoms with Crippen LogP contribution in [0.25, 0.3) is 0 Å². The Balaban J connectivity index is 2.24. The predicted molar refractivity (Wildman–Crippen MR) is 47.6 cm³/mol. The van der Waals surface area contributed by atoms with Crippen LogP contribution < -0.4 is 0 Å². The van der Waals surface area contributed by atoms with Crippen LogP contribution in [0.1, 0.15) is 26.2 Å². The standard InChI is InChI=1S/C10H13F3N2/c1-6-7(5-14)4-8-2-3-9(6)15(8)10(11,12)13/h6-9H,2-4H2,1H3/t6-,7?,8+,9-/m1/s1. The van der Waals surface area contributed by atoms with E-state index in [1.807, 2.05) is 0 Å². The van der Waals surface area contributed by atoms with E-state index in [4.69, 9.17) is 5.26 Å². The Labute approximate surface area is 86.7 Å². The molecule has 2 aliphatic heterocycles. The zero-order valence-electron chi connectivity index (χ0n) is 8.46. The van der Waals surface area contributed by atoms with Crippen molar-refractivity contribution in [2.75, 3.05) is 0 Å². The van der Waals surface area contributed by atoms with Gasteiger partial charge >= 0.3 is 6.30 Å². The fourth-order valence-corrected chi connectivity index (χ4v) is 3.00. The Morgan fingerprint density at radius 2 is 2.00 bits per heavy atom. The second kappa shape index (κ2) is 3.38. The van der Waals surface area contributed by atoms with Crippen LogP contribution in [-0.4, -0.2) is 23.3 Å². The molecule has 0 saturated carbocycles. The highest BCUT2D eigenvalue weighted by molar-refractivity contribution is 5.05. The van der Waals surface area contributed by atoms with Crippen LogP contribution in [0, 0.1) is 23.2 Å². The molecule has 1 unspecified atom stereocenters. The molecule has 4 atom stereocenters. The van der Waals surface area contributed by atoms with Crippen molar-refractivity contribution in [1.82, 2.24) is 4.90 Å². The van der Waals surface area contributed by atoms with Crippen LogP contribution >= 0.6 is 0 Å². The minimum atomic E-state index is -4.24. The number of hydrogen-bond donors (Lipinski definition) is 0. The van der Waals surface area contributed by atoms with Gasteiger partial charge < -0.3 is 0 Å². The monoisotopic (exact) mass is 218 g/mol. The molecule has 0 aromatic carbocycles. The molecule has 15 heavy (non-hydrogen) atoms. The summed E-state index contributed by atoms with van der Waals surface area (Å²) in [5, 5.41) is 8.86. The van der Waals surface area contributed by atoms with Crippen molar-refractivity contribution in [2.24, 2.45) is 11.8 Å². The summed E-state index contributed by atoms with van der Waals surface area (Å²) in [6, 6.07) is 1.19. The normalized spacial score (nSPS) is 41.5. The van der Waals surface area contributed by atoms with Crippen molar-refractivity contribution in [3.05, 3.63) is 0 Å². The van der Waals surface area contributed by atoms with E-state index in [0.29, 0.717) is 24.2 Å². The third-order valence-corrected chi connectivity index (χ3v) is 3.77. The van der Waals surface area contributed by atoms with E-state index in [9.17, 15) is 13.2 Å². The molecule has 2 rings (SSSR count). The Morgan fingerprint density at radius 3 is 2.53 bits per heavy atom. The SMILES string of the molecule is C[C@@H]1C(C#N)C[C@@H]2CC[C@H]1N2C(F)(F)F. The van der Waals surface area contributed by atoms with Gasteiger partial charge in [-0.15, -0.1) is 0 Å². The van der Waals surface area contributed by atoms with Gasteiger partial charge in [0.05, 0.1) is 12.0 Å². The van der Waals surface area contributed by atoms with E-state index >= 15 is 0 Å². The molecule has 0 aliphatic carbocycles. The third kappa shape index (κ3) is 1.61. The molecule has 2 bridgehead atoms. The highest BCUT2D eigenvalue weighted by atomic mass is 19.4. The fraction of sp³-hybridized carbons (Fsp3) is 0.900. The topological polar surface area (TPSA) is 27.0 Å². The van der Waals surface area contributed by atoms with Gasteiger partial charge in [0, 0.05) is 12.1 Å². The summed E-state index contributed by atoms with van der Waals surface area (Å²) >= 11 is 0. The van der Waals surface area contributed by atoms with Crippen molar-refractivity contribution >= 4 is 0 Å². The predicted octanol–water partition coefficient (Wildman–Crippen LogP) is 2.52. The molecule has 5 heteroatoms. The van der Waals surface area contributed by atoms with E-state index in [1.165, 1.54) is 0 Å². The van der Waals surface area contributed by atoms with Gasteiger partial charge in [-0.2, -0.15) is 18.4 Å². The van der Waals surface area contributed by atoms with Crippen LogP contribution in [0.5, 0.6) is 0 Å². The number of halogens is 3. The molecule has 2 saturated heterocycles. The van der Waals surface area contributed by atoms with Gasteiger partial charge in [0.15, 0.2) is 0 Å². The Morgan fingerprint density at radius 1 is 1.33 bits per heavy atom. The van der Waals surface area contributed by atoms with Crippen molar-refractivity contribution in [3.8, 4) is 6.07 Å². The highest BCUT2D eigenvalue weighted by Crippen LogP contribution is 2.46. The maximum absolute atomic E-state index is 12.7. The number of hydrogen-bond acceptors (Lipinski definition) is 2.